The van der Waals surface area contributed by atoms with Gasteiger partial charge in [-0.1, -0.05) is 23.7 Å². The second-order valence-corrected chi connectivity index (χ2v) is 7.65. The number of nitrogens with zero attached hydrogens (tertiary/aromatic N) is 1. The second-order valence-electron chi connectivity index (χ2n) is 4.84. The van der Waals surface area contributed by atoms with Crippen LogP contribution in [0.15, 0.2) is 51.4 Å². The van der Waals surface area contributed by atoms with Gasteiger partial charge in [0.05, 0.1) is 21.3 Å². The molecule has 1 heterocycles. The highest BCUT2D eigenvalue weighted by atomic mass is 79.9. The van der Waals surface area contributed by atoms with Gasteiger partial charge in [0.15, 0.2) is 0 Å². The Morgan fingerprint density at radius 3 is 2.67 bits per heavy atom. The third kappa shape index (κ3) is 3.58. The fourth-order valence-electron chi connectivity index (χ4n) is 2.17. The zero-order valence-electron chi connectivity index (χ0n) is 11.9. The molecule has 0 radical (unpaired) electrons. The van der Waals surface area contributed by atoms with Crippen molar-refractivity contribution in [2.24, 2.45) is 5.10 Å². The van der Waals surface area contributed by atoms with Gasteiger partial charge >= 0.3 is 6.18 Å². The molecule has 1 aromatic heterocycles. The number of nitrogens with one attached hydrogen (secondary N) is 1. The number of benzene rings is 2. The van der Waals surface area contributed by atoms with Crippen LogP contribution >= 0.6 is 38.9 Å². The van der Waals surface area contributed by atoms with Crippen LogP contribution in [0.4, 0.5) is 18.9 Å². The van der Waals surface area contributed by atoms with Crippen molar-refractivity contribution in [2.75, 3.05) is 5.43 Å². The van der Waals surface area contributed by atoms with Gasteiger partial charge in [-0.15, -0.1) is 11.3 Å². The molecule has 24 heavy (non-hydrogen) atoms. The van der Waals surface area contributed by atoms with Crippen LogP contribution in [0, 0.1) is 0 Å². The lowest BCUT2D eigenvalue weighted by Crippen LogP contribution is -2.08. The minimum absolute atomic E-state index is 0.102. The third-order valence-electron chi connectivity index (χ3n) is 3.25. The standard InChI is InChI=1S/C16H9BrClF3N2S/c17-15-11(10-7-9(18)5-6-14(10)24-15)8-22-23-13-4-2-1-3-12(13)16(19,20)21/h1-8,23H/b22-8+. The summed E-state index contributed by atoms with van der Waals surface area (Å²) in [5.41, 5.74) is 2.36. The molecule has 1 N–H and O–H groups in total. The summed E-state index contributed by atoms with van der Waals surface area (Å²) in [6, 6.07) is 10.7. The van der Waals surface area contributed by atoms with Gasteiger partial charge in [-0.3, -0.25) is 5.43 Å². The molecule has 0 aliphatic heterocycles. The van der Waals surface area contributed by atoms with Crippen molar-refractivity contribution in [1.29, 1.82) is 0 Å². The van der Waals surface area contributed by atoms with Gasteiger partial charge < -0.3 is 0 Å². The van der Waals surface area contributed by atoms with Crippen molar-refractivity contribution in [3.05, 3.63) is 62.4 Å². The molecule has 0 atom stereocenters. The number of hydrogen-bond donors (Lipinski definition) is 1. The molecule has 0 unspecified atom stereocenters. The number of halogens is 5. The summed E-state index contributed by atoms with van der Waals surface area (Å²) in [5.74, 6) is 0. The fraction of sp³-hybridized carbons (Fsp3) is 0.0625. The number of fused-ring (bicyclic) bond motifs is 1. The van der Waals surface area contributed by atoms with Crippen LogP contribution in [-0.4, -0.2) is 6.21 Å². The van der Waals surface area contributed by atoms with Crippen molar-refractivity contribution in [1.82, 2.24) is 0 Å². The zero-order chi connectivity index (χ0) is 17.3. The summed E-state index contributed by atoms with van der Waals surface area (Å²) in [6.45, 7) is 0. The van der Waals surface area contributed by atoms with Crippen LogP contribution in [0.5, 0.6) is 0 Å². The van der Waals surface area contributed by atoms with Crippen LogP contribution < -0.4 is 5.43 Å². The summed E-state index contributed by atoms with van der Waals surface area (Å²) in [4.78, 5) is 0. The molecule has 0 spiro atoms. The van der Waals surface area contributed by atoms with Gasteiger partial charge in [0.1, 0.15) is 0 Å². The Morgan fingerprint density at radius 1 is 1.17 bits per heavy atom. The van der Waals surface area contributed by atoms with E-state index in [-0.39, 0.29) is 5.69 Å². The Labute approximate surface area is 153 Å². The number of hydrogen-bond acceptors (Lipinski definition) is 3. The van der Waals surface area contributed by atoms with Crippen molar-refractivity contribution in [3.63, 3.8) is 0 Å². The first-order chi connectivity index (χ1) is 11.4. The van der Waals surface area contributed by atoms with E-state index in [1.54, 1.807) is 12.1 Å². The molecule has 124 valence electrons. The molecule has 2 nitrogen and oxygen atoms in total. The van der Waals surface area contributed by atoms with Crippen molar-refractivity contribution in [3.8, 4) is 0 Å². The molecule has 2 aromatic carbocycles. The first-order valence-electron chi connectivity index (χ1n) is 6.69. The SMILES string of the molecule is FC(F)(F)c1ccccc1N/N=C/c1c(Br)sc2ccc(Cl)cc12. The molecule has 3 rings (SSSR count). The lowest BCUT2D eigenvalue weighted by molar-refractivity contribution is -0.136. The minimum Gasteiger partial charge on any atom is -0.278 e. The third-order valence-corrected chi connectivity index (χ3v) is 5.38. The van der Waals surface area contributed by atoms with E-state index in [1.165, 1.54) is 35.8 Å². The van der Waals surface area contributed by atoms with Gasteiger partial charge in [-0.05, 0) is 46.3 Å². The molecule has 3 aromatic rings. The Hall–Kier alpha value is -1.57. The Morgan fingerprint density at radius 2 is 1.92 bits per heavy atom. The van der Waals surface area contributed by atoms with E-state index in [1.807, 2.05) is 6.07 Å². The van der Waals surface area contributed by atoms with E-state index in [4.69, 9.17) is 11.6 Å². The highest BCUT2D eigenvalue weighted by Crippen LogP contribution is 2.36. The maximum absolute atomic E-state index is 13.0. The largest absolute Gasteiger partial charge is 0.418 e. The Bertz CT molecular complexity index is 921. The smallest absolute Gasteiger partial charge is 0.278 e. The average Bonchev–Trinajstić information content (AvgIpc) is 2.82. The number of anilines is 1. The van der Waals surface area contributed by atoms with Gasteiger partial charge in [-0.25, -0.2) is 0 Å². The van der Waals surface area contributed by atoms with E-state index in [2.05, 4.69) is 26.5 Å². The molecule has 8 heteroatoms. The maximum atomic E-state index is 13.0. The monoisotopic (exact) mass is 432 g/mol. The lowest BCUT2D eigenvalue weighted by Gasteiger charge is -2.11. The first kappa shape index (κ1) is 17.3. The normalized spacial score (nSPS) is 12.2. The van der Waals surface area contributed by atoms with E-state index in [0.29, 0.717) is 5.02 Å². The van der Waals surface area contributed by atoms with Crippen molar-refractivity contribution >= 4 is 60.9 Å². The summed E-state index contributed by atoms with van der Waals surface area (Å²) >= 11 is 10.9. The number of hydrazone groups is 1. The Balaban J connectivity index is 1.91. The quantitative estimate of drug-likeness (QED) is 0.357. The molecular weight excluding hydrogens is 425 g/mol. The Kier molecular flexibility index (Phi) is 4.85. The average molecular weight is 434 g/mol. The molecule has 0 saturated carbocycles. The van der Waals surface area contributed by atoms with Crippen LogP contribution in [0.1, 0.15) is 11.1 Å². The topological polar surface area (TPSA) is 24.4 Å². The fourth-order valence-corrected chi connectivity index (χ4v) is 4.07. The minimum atomic E-state index is -4.44. The summed E-state index contributed by atoms with van der Waals surface area (Å²) in [5, 5.41) is 5.42. The van der Waals surface area contributed by atoms with E-state index in [9.17, 15) is 13.2 Å². The van der Waals surface area contributed by atoms with Gasteiger partial charge in [-0.2, -0.15) is 18.3 Å². The summed E-state index contributed by atoms with van der Waals surface area (Å²) in [7, 11) is 0. The summed E-state index contributed by atoms with van der Waals surface area (Å²) < 4.78 is 40.7. The highest BCUT2D eigenvalue weighted by Gasteiger charge is 2.33. The first-order valence-corrected chi connectivity index (χ1v) is 8.68. The maximum Gasteiger partial charge on any atom is 0.418 e. The van der Waals surface area contributed by atoms with Crippen LogP contribution in [0.2, 0.25) is 5.02 Å². The molecule has 0 aliphatic carbocycles. The number of alkyl halides is 3. The number of thiophene rings is 1. The van der Waals surface area contributed by atoms with E-state index >= 15 is 0 Å². The van der Waals surface area contributed by atoms with E-state index in [0.717, 1.165) is 25.5 Å². The predicted molar refractivity (Wildman–Crippen MR) is 97.2 cm³/mol. The lowest BCUT2D eigenvalue weighted by atomic mass is 10.2. The van der Waals surface area contributed by atoms with Gasteiger partial charge in [0.25, 0.3) is 0 Å². The van der Waals surface area contributed by atoms with Crippen LogP contribution in [-0.2, 0) is 6.18 Å². The molecule has 0 aliphatic rings. The van der Waals surface area contributed by atoms with Crippen molar-refractivity contribution < 1.29 is 13.2 Å². The van der Waals surface area contributed by atoms with Gasteiger partial charge in [0, 0.05) is 20.7 Å². The molecule has 0 saturated heterocycles. The predicted octanol–water partition coefficient (Wildman–Crippen LogP) is 6.78. The molecular formula is C16H9BrClF3N2S. The number of rotatable bonds is 3. The van der Waals surface area contributed by atoms with Gasteiger partial charge in [0.2, 0.25) is 0 Å². The number of para-hydroxylation sites is 1. The van der Waals surface area contributed by atoms with Crippen LogP contribution in [0.3, 0.4) is 0 Å². The highest BCUT2D eigenvalue weighted by molar-refractivity contribution is 9.11. The molecule has 0 fully saturated rings. The molecule has 0 amide bonds. The van der Waals surface area contributed by atoms with Crippen LogP contribution in [0.25, 0.3) is 10.1 Å². The zero-order valence-corrected chi connectivity index (χ0v) is 15.0. The van der Waals surface area contributed by atoms with Crippen molar-refractivity contribution in [2.45, 2.75) is 6.18 Å². The molecule has 0 bridgehead atoms. The second kappa shape index (κ2) is 6.74. The van der Waals surface area contributed by atoms with E-state index < -0.39 is 11.7 Å². The summed E-state index contributed by atoms with van der Waals surface area (Å²) in [6.07, 6.45) is -2.96.